The molecule has 8 heterocycles. The molecule has 0 aromatic carbocycles. The molecule has 4 aromatic heterocycles. The number of nitrogens with two attached hydrogens (primary N) is 2. The first-order valence-corrected chi connectivity index (χ1v) is 19.8. The van der Waals surface area contributed by atoms with Gasteiger partial charge in [0, 0.05) is 0 Å². The quantitative estimate of drug-likeness (QED) is 0.136. The Balaban J connectivity index is 1.14. The summed E-state index contributed by atoms with van der Waals surface area (Å²) < 4.78 is 61.1. The largest absolute Gasteiger partial charge is 0.382 e. The van der Waals surface area contributed by atoms with Crippen LogP contribution in [0.25, 0.3) is 22.3 Å². The molecular formula is C21H23FN10O9P2S3. The van der Waals surface area contributed by atoms with Crippen molar-refractivity contribution in [3.8, 4) is 0 Å². The van der Waals surface area contributed by atoms with Gasteiger partial charge >= 0.3 is 6.72 Å². The minimum atomic E-state index is -4.26. The second kappa shape index (κ2) is 10.9. The number of nitrogen functional groups attached to an aromatic ring is 2. The Kier molecular flexibility index (Phi) is 7.35. The van der Waals surface area contributed by atoms with E-state index in [1.807, 2.05) is 0 Å². The molecule has 19 nitrogen and oxygen atoms in total. The summed E-state index contributed by atoms with van der Waals surface area (Å²) in [6.07, 6.45) is -4.86. The summed E-state index contributed by atoms with van der Waals surface area (Å²) in [5.41, 5.74) is 6.81. The van der Waals surface area contributed by atoms with Crippen molar-refractivity contribution in [2.24, 2.45) is 0 Å². The summed E-state index contributed by atoms with van der Waals surface area (Å²) >= 11 is 15.5. The van der Waals surface area contributed by atoms with Crippen LogP contribution in [0.15, 0.2) is 23.8 Å². The van der Waals surface area contributed by atoms with E-state index in [4.69, 9.17) is 67.4 Å². The van der Waals surface area contributed by atoms with Crippen molar-refractivity contribution in [2.45, 2.75) is 48.6 Å². The van der Waals surface area contributed by atoms with E-state index in [2.05, 4.69) is 42.2 Å². The lowest BCUT2D eigenvalue weighted by Gasteiger charge is -2.33. The van der Waals surface area contributed by atoms with Crippen LogP contribution in [-0.4, -0.2) is 99.9 Å². The van der Waals surface area contributed by atoms with Crippen molar-refractivity contribution in [3.63, 3.8) is 0 Å². The van der Waals surface area contributed by atoms with Crippen molar-refractivity contribution >= 4 is 82.4 Å². The number of aromatic nitrogens is 8. The normalized spacial score (nSPS) is 39.7. The van der Waals surface area contributed by atoms with Crippen LogP contribution in [0.3, 0.4) is 0 Å². The third-order valence-corrected chi connectivity index (χ3v) is 11.7. The molecule has 46 heavy (non-hydrogen) atoms. The number of imidazole rings is 2. The zero-order chi connectivity index (χ0) is 32.2. The lowest BCUT2D eigenvalue weighted by molar-refractivity contribution is -0.183. The van der Waals surface area contributed by atoms with Crippen LogP contribution < -0.4 is 17.0 Å². The third kappa shape index (κ3) is 5.00. The van der Waals surface area contributed by atoms with Crippen LogP contribution in [0.2, 0.25) is 0 Å². The average molecular weight is 737 g/mol. The Morgan fingerprint density at radius 1 is 1.04 bits per heavy atom. The first-order valence-electron chi connectivity index (χ1n) is 13.4. The van der Waals surface area contributed by atoms with Crippen molar-refractivity contribution in [1.29, 1.82) is 0 Å². The number of hydrogen-bond donors (Lipinski definition) is 5. The van der Waals surface area contributed by atoms with E-state index in [1.165, 1.54) is 23.5 Å². The van der Waals surface area contributed by atoms with E-state index >= 15 is 4.39 Å². The predicted molar refractivity (Wildman–Crippen MR) is 165 cm³/mol. The van der Waals surface area contributed by atoms with Gasteiger partial charge in [-0.15, -0.1) is 0 Å². The number of hydrogen-bond acceptors (Lipinski definition) is 17. The Labute approximate surface area is 271 Å². The van der Waals surface area contributed by atoms with Gasteiger partial charge in [-0.25, -0.2) is 24.3 Å². The molecule has 4 fully saturated rings. The second-order valence-corrected chi connectivity index (χ2v) is 18.8. The molecule has 0 amide bonds. The molecule has 10 atom stereocenters. The Morgan fingerprint density at radius 2 is 1.80 bits per heavy atom. The van der Waals surface area contributed by atoms with Crippen molar-refractivity contribution in [3.05, 3.63) is 29.3 Å². The Bertz CT molecular complexity index is 2040. The van der Waals surface area contributed by atoms with Gasteiger partial charge in [0.25, 0.3) is 5.56 Å². The van der Waals surface area contributed by atoms with Crippen LogP contribution in [-0.2, 0) is 55.9 Å². The number of nitrogens with one attached hydrogen (secondary N) is 1. The number of anilines is 2. The molecule has 0 saturated carbocycles. The van der Waals surface area contributed by atoms with Crippen LogP contribution in [0.5, 0.6) is 0 Å². The van der Waals surface area contributed by atoms with Gasteiger partial charge in [0.2, 0.25) is 11.6 Å². The van der Waals surface area contributed by atoms with E-state index in [0.29, 0.717) is 11.2 Å². The summed E-state index contributed by atoms with van der Waals surface area (Å²) in [5.74, 6) is -0.0426. The highest BCUT2D eigenvalue weighted by atomic mass is 32.9. The molecule has 246 valence electrons. The van der Waals surface area contributed by atoms with Gasteiger partial charge in [-0.3, -0.25) is 23.4 Å². The molecule has 0 aliphatic carbocycles. The Hall–Kier alpha value is -2.24. The molecule has 8 rings (SSSR count). The number of H-pyrrole nitrogens is 1. The van der Waals surface area contributed by atoms with Crippen LogP contribution in [0, 0.1) is 0 Å². The molecule has 6 N–H and O–H groups in total. The molecule has 3 unspecified atom stereocenters. The zero-order valence-electron chi connectivity index (χ0n) is 22.9. The number of thiol groups is 1. The van der Waals surface area contributed by atoms with E-state index in [9.17, 15) is 9.69 Å². The number of halogens is 1. The van der Waals surface area contributed by atoms with E-state index in [-0.39, 0.29) is 29.5 Å². The fraction of sp³-hybridized carbons (Fsp3) is 0.524. The number of aromatic amines is 1. The van der Waals surface area contributed by atoms with Crippen molar-refractivity contribution < 1.29 is 41.6 Å². The van der Waals surface area contributed by atoms with Crippen molar-refractivity contribution in [1.82, 2.24) is 39.0 Å². The maximum absolute atomic E-state index is 16.0. The van der Waals surface area contributed by atoms with Gasteiger partial charge in [0.1, 0.15) is 41.9 Å². The smallest absolute Gasteiger partial charge is 0.325 e. The summed E-state index contributed by atoms with van der Waals surface area (Å²) in [6.45, 7) is -5.18. The number of nitrogens with zero attached hydrogens (tertiary/aromatic N) is 7. The molecule has 4 saturated heterocycles. The molecule has 4 bridgehead atoms. The first-order chi connectivity index (χ1) is 21.8. The highest BCUT2D eigenvalue weighted by Gasteiger charge is 2.65. The van der Waals surface area contributed by atoms with E-state index in [1.54, 1.807) is 4.57 Å². The van der Waals surface area contributed by atoms with Gasteiger partial charge in [-0.05, 0) is 23.6 Å². The molecule has 4 aromatic rings. The van der Waals surface area contributed by atoms with Crippen LogP contribution in [0.1, 0.15) is 12.5 Å². The van der Waals surface area contributed by atoms with Gasteiger partial charge < -0.3 is 44.1 Å². The molecular weight excluding hydrogens is 713 g/mol. The molecule has 25 heteroatoms. The monoisotopic (exact) mass is 736 g/mol. The van der Waals surface area contributed by atoms with Gasteiger partial charge in [0.15, 0.2) is 41.3 Å². The molecule has 0 spiro atoms. The second-order valence-electron chi connectivity index (χ2n) is 10.8. The van der Waals surface area contributed by atoms with Gasteiger partial charge in [-0.2, -0.15) is 4.98 Å². The van der Waals surface area contributed by atoms with Crippen LogP contribution >= 0.6 is 24.7 Å². The van der Waals surface area contributed by atoms with E-state index in [0.717, 1.165) is 0 Å². The lowest BCUT2D eigenvalue weighted by atomic mass is 10.0. The summed E-state index contributed by atoms with van der Waals surface area (Å²) in [6, 6.07) is 0. The highest BCUT2D eigenvalue weighted by Crippen LogP contribution is 2.62. The fourth-order valence-electron chi connectivity index (χ4n) is 5.94. The topological polar surface area (TPSA) is 244 Å². The molecule has 0 radical (unpaired) electrons. The minimum absolute atomic E-state index is 0.0233. The third-order valence-electron chi connectivity index (χ3n) is 8.00. The highest BCUT2D eigenvalue weighted by molar-refractivity contribution is 8.60. The maximum atomic E-state index is 16.0. The number of ether oxygens (including phenoxy) is 3. The SMILES string of the molecule is Nc1nc2c(ncn2[C@@H]2O[C@@H]3COP(=S)(S)O[C@H]4[C@H]5OCC4(COP(O)(=S)O[C@@H]2[C@H]3F)O[C@H]5n2cnc3c(N)ncnc32)c(=O)[nH]1. The maximum Gasteiger partial charge on any atom is 0.325 e. The lowest BCUT2D eigenvalue weighted by Crippen LogP contribution is -2.45. The first kappa shape index (κ1) is 31.1. The summed E-state index contributed by atoms with van der Waals surface area (Å²) in [4.78, 5) is 46.7. The fourth-order valence-corrected chi connectivity index (χ4v) is 9.33. The van der Waals surface area contributed by atoms with Gasteiger partial charge in [-0.1, -0.05) is 12.2 Å². The number of fused-ring (bicyclic) bond motifs is 4. The van der Waals surface area contributed by atoms with E-state index < -0.39 is 79.8 Å². The Morgan fingerprint density at radius 3 is 2.61 bits per heavy atom. The molecule has 4 aliphatic rings. The average Bonchev–Trinajstić information content (AvgIpc) is 3.80. The van der Waals surface area contributed by atoms with Gasteiger partial charge in [0.05, 0.1) is 32.5 Å². The number of rotatable bonds is 2. The minimum Gasteiger partial charge on any atom is -0.382 e. The van der Waals surface area contributed by atoms with Crippen molar-refractivity contribution in [2.75, 3.05) is 31.3 Å². The standard InChI is InChI=1S/C21H23FN10O9P2S3/c22-8-7-1-36-43(45,46)41-13-12-19(31-5-27-9-14(23)25-4-26-15(9)31)39-21(13,2-35-12)3-37-42(34,44)40-11(8)18(38-7)32-6-28-10-16(32)29-20(24)30-17(10)33/h4-8,11-13,18-19H,1-3H2,(H,34,44)(H,45,46)(H2,23,25,26)(H3,24,29,30,33)/t7-,8+,11-,12-,13+,18-,19-,21?,42?/m1/s1. The number of alkyl halides is 1. The molecule has 4 aliphatic heterocycles. The summed E-state index contributed by atoms with van der Waals surface area (Å²) in [5, 5.41) is 0. The zero-order valence-corrected chi connectivity index (χ0v) is 27.2. The van der Waals surface area contributed by atoms with Crippen LogP contribution in [0.4, 0.5) is 16.2 Å². The summed E-state index contributed by atoms with van der Waals surface area (Å²) in [7, 11) is 0. The predicted octanol–water partition coefficient (Wildman–Crippen LogP) is 0.214.